The predicted molar refractivity (Wildman–Crippen MR) is 208 cm³/mol. The lowest BCUT2D eigenvalue weighted by Gasteiger charge is -2.71. The quantitative estimate of drug-likeness (QED) is 0.152. The van der Waals surface area contributed by atoms with E-state index in [1.165, 1.54) is 4.88 Å². The fraction of sp³-hybridized carbons (Fsp3) is 0.511. The van der Waals surface area contributed by atoms with Gasteiger partial charge in [-0.1, -0.05) is 92.7 Å². The summed E-state index contributed by atoms with van der Waals surface area (Å²) in [4.78, 5) is 32.2. The summed E-state index contributed by atoms with van der Waals surface area (Å²) in [6.07, 6.45) is 12.7. The number of carbonyl (C=O) groups excluding carboxylic acids is 2. The van der Waals surface area contributed by atoms with Gasteiger partial charge in [-0.05, 0) is 105 Å². The Morgan fingerprint density at radius 3 is 2.37 bits per heavy atom. The van der Waals surface area contributed by atoms with Gasteiger partial charge in [0.05, 0.1) is 18.2 Å². The number of hydrogen-bond acceptors (Lipinski definition) is 5. The molecule has 8 unspecified atom stereocenters. The van der Waals surface area contributed by atoms with Crippen molar-refractivity contribution >= 4 is 23.2 Å². The predicted octanol–water partition coefficient (Wildman–Crippen LogP) is 8.85. The number of allylic oxidation sites excluding steroid dienone is 4. The highest BCUT2D eigenvalue weighted by Crippen LogP contribution is 2.78. The highest BCUT2D eigenvalue weighted by Gasteiger charge is 2.74. The highest BCUT2D eigenvalue weighted by molar-refractivity contribution is 7.09. The number of rotatable bonds is 9. The summed E-state index contributed by atoms with van der Waals surface area (Å²) in [6.45, 7) is 9.40. The second-order valence-corrected chi connectivity index (χ2v) is 18.4. The Morgan fingerprint density at radius 1 is 0.904 bits per heavy atom. The molecule has 1 heterocycles. The van der Waals surface area contributed by atoms with Gasteiger partial charge in [-0.2, -0.15) is 0 Å². The molecule has 3 aromatic rings. The number of aliphatic hydroxyl groups is 2. The number of urea groups is 1. The molecule has 0 aliphatic heterocycles. The van der Waals surface area contributed by atoms with Crippen LogP contribution in [0.2, 0.25) is 0 Å². The Kier molecular flexibility index (Phi) is 8.75. The fourth-order valence-corrected chi connectivity index (χ4v) is 12.6. The molecular weight excluding hydrogens is 665 g/mol. The normalized spacial score (nSPS) is 35.8. The minimum atomic E-state index is -1.12. The third kappa shape index (κ3) is 5.24. The van der Waals surface area contributed by atoms with Crippen molar-refractivity contribution in [2.24, 2.45) is 33.5 Å². The van der Waals surface area contributed by atoms with Gasteiger partial charge in [-0.3, -0.25) is 4.79 Å². The van der Waals surface area contributed by atoms with E-state index >= 15 is 4.79 Å². The van der Waals surface area contributed by atoms with Crippen molar-refractivity contribution in [2.75, 3.05) is 13.1 Å². The molecule has 9 rings (SSSR count). The number of benzene rings is 2. The van der Waals surface area contributed by atoms with E-state index in [2.05, 4.69) is 61.0 Å². The van der Waals surface area contributed by atoms with Gasteiger partial charge in [0.25, 0.3) is 0 Å². The van der Waals surface area contributed by atoms with Gasteiger partial charge in [0.15, 0.2) is 5.78 Å². The lowest BCUT2D eigenvalue weighted by molar-refractivity contribution is -0.174. The second kappa shape index (κ2) is 12.8. The van der Waals surface area contributed by atoms with E-state index in [-0.39, 0.29) is 41.7 Å². The Labute approximate surface area is 313 Å². The van der Waals surface area contributed by atoms with Crippen molar-refractivity contribution in [2.45, 2.75) is 96.8 Å². The molecule has 6 aliphatic carbocycles. The van der Waals surface area contributed by atoms with Crippen LogP contribution in [0.1, 0.15) is 87.9 Å². The number of carbonyl (C=O) groups is 2. The summed E-state index contributed by atoms with van der Waals surface area (Å²) < 4.78 is 0. The molecule has 3 N–H and O–H groups in total. The summed E-state index contributed by atoms with van der Waals surface area (Å²) in [5.41, 5.74) is 0.745. The smallest absolute Gasteiger partial charge is 0.317 e. The zero-order chi connectivity index (χ0) is 36.5. The van der Waals surface area contributed by atoms with Crippen LogP contribution in [0.3, 0.4) is 0 Å². The number of thiophene rings is 1. The first-order valence-electron chi connectivity index (χ1n) is 19.5. The molecule has 6 aliphatic rings. The molecule has 3 fully saturated rings. The monoisotopic (exact) mass is 718 g/mol. The molecular formula is C45H54N2O4S. The third-order valence-corrected chi connectivity index (χ3v) is 15.5. The van der Waals surface area contributed by atoms with Crippen LogP contribution in [-0.4, -0.2) is 57.8 Å². The van der Waals surface area contributed by atoms with Gasteiger partial charge >= 0.3 is 6.03 Å². The summed E-state index contributed by atoms with van der Waals surface area (Å²) in [6, 6.07) is 22.1. The van der Waals surface area contributed by atoms with Gasteiger partial charge in [-0.15, -0.1) is 11.3 Å². The van der Waals surface area contributed by atoms with E-state index in [9.17, 15) is 15.0 Å². The van der Waals surface area contributed by atoms with Crippen LogP contribution in [0, 0.1) is 33.5 Å². The minimum absolute atomic E-state index is 0.00775. The van der Waals surface area contributed by atoms with Gasteiger partial charge in [0, 0.05) is 44.8 Å². The van der Waals surface area contributed by atoms with Crippen molar-refractivity contribution in [3.8, 4) is 11.1 Å². The van der Waals surface area contributed by atoms with Crippen molar-refractivity contribution in [1.29, 1.82) is 0 Å². The van der Waals surface area contributed by atoms with Crippen molar-refractivity contribution < 1.29 is 19.8 Å². The van der Waals surface area contributed by atoms with Crippen LogP contribution in [0.15, 0.2) is 95.9 Å². The molecule has 6 nitrogen and oxygen atoms in total. The number of Topliss-reactive ketones (excluding diaryl/α,β-unsaturated/α-hetero) is 1. The fourth-order valence-electron chi connectivity index (χ4n) is 11.9. The van der Waals surface area contributed by atoms with E-state index < -0.39 is 27.9 Å². The average molecular weight is 719 g/mol. The molecule has 52 heavy (non-hydrogen) atoms. The van der Waals surface area contributed by atoms with Crippen LogP contribution in [0.5, 0.6) is 0 Å². The van der Waals surface area contributed by atoms with Crippen LogP contribution in [0.4, 0.5) is 4.79 Å². The van der Waals surface area contributed by atoms with Crippen LogP contribution in [0.25, 0.3) is 11.1 Å². The minimum Gasteiger partial charge on any atom is -0.393 e. The Bertz CT molecular complexity index is 1900. The average Bonchev–Trinajstić information content (AvgIpc) is 3.75. The van der Waals surface area contributed by atoms with Gasteiger partial charge in [-0.25, -0.2) is 4.79 Å². The van der Waals surface area contributed by atoms with E-state index in [1.807, 2.05) is 67.3 Å². The molecule has 0 saturated heterocycles. The van der Waals surface area contributed by atoms with Crippen molar-refractivity contribution in [3.05, 3.63) is 106 Å². The Hall–Kier alpha value is -3.52. The molecule has 8 atom stereocenters. The first-order valence-corrected chi connectivity index (χ1v) is 20.3. The summed E-state index contributed by atoms with van der Waals surface area (Å²) >= 11 is 1.70. The summed E-state index contributed by atoms with van der Waals surface area (Å²) in [7, 11) is 0. The van der Waals surface area contributed by atoms with E-state index in [0.717, 1.165) is 55.2 Å². The maximum absolute atomic E-state index is 15.4. The molecule has 7 heteroatoms. The number of aliphatic hydroxyl groups excluding tert-OH is 1. The molecule has 2 amide bonds. The maximum Gasteiger partial charge on any atom is 0.317 e. The van der Waals surface area contributed by atoms with Gasteiger partial charge < -0.3 is 20.4 Å². The van der Waals surface area contributed by atoms with E-state index in [4.69, 9.17) is 0 Å². The highest BCUT2D eigenvalue weighted by atomic mass is 32.1. The van der Waals surface area contributed by atoms with Gasteiger partial charge in [0.1, 0.15) is 0 Å². The summed E-state index contributed by atoms with van der Waals surface area (Å²) in [5.74, 6) is 0.266. The lowest BCUT2D eigenvalue weighted by Crippen LogP contribution is -2.67. The zero-order valence-corrected chi connectivity index (χ0v) is 31.9. The topological polar surface area (TPSA) is 89.9 Å². The third-order valence-electron chi connectivity index (χ3n) is 14.6. The van der Waals surface area contributed by atoms with Gasteiger partial charge in [0.2, 0.25) is 0 Å². The molecule has 274 valence electrons. The van der Waals surface area contributed by atoms with Crippen molar-refractivity contribution in [3.63, 3.8) is 0 Å². The molecule has 2 aromatic carbocycles. The Balaban J connectivity index is 1.22. The molecule has 0 radical (unpaired) electrons. The first kappa shape index (κ1) is 35.5. The standard InChI is InChI=1S/C45H54N2O4S/c1-30(2)46-40(50)47(25-19-33-13-10-26-52-33)29-44(51)22-18-38-42(44,4)21-17-37-41(3)20-16-32(48)27-43(41)23-24-45(37,38)36(28-43)39(49)35-15-9-8-14-34(35)31-11-6-5-7-12-31/h5-15,23-24,26,28,30,32,37-38,48,51H,16-22,25,27,29H2,1-4H3,(H,46,50). The first-order chi connectivity index (χ1) is 24.9. The number of nitrogens with one attached hydrogen (secondary N) is 1. The van der Waals surface area contributed by atoms with E-state index in [0.29, 0.717) is 24.9 Å². The molecule has 2 spiro atoms. The lowest BCUT2D eigenvalue weighted by atomic mass is 9.32. The molecule has 3 saturated carbocycles. The molecule has 1 aromatic heterocycles. The maximum atomic E-state index is 15.4. The number of ketones is 1. The second-order valence-electron chi connectivity index (χ2n) is 17.4. The van der Waals surface area contributed by atoms with Crippen LogP contribution >= 0.6 is 11.3 Å². The number of nitrogens with zero attached hydrogens (tertiary/aromatic N) is 1. The summed E-state index contributed by atoms with van der Waals surface area (Å²) in [5, 5.41) is 29.4. The Morgan fingerprint density at radius 2 is 1.62 bits per heavy atom. The number of amides is 2. The van der Waals surface area contributed by atoms with E-state index in [1.54, 1.807) is 11.3 Å². The van der Waals surface area contributed by atoms with Crippen LogP contribution in [-0.2, 0) is 6.42 Å². The van der Waals surface area contributed by atoms with Crippen molar-refractivity contribution in [1.82, 2.24) is 10.2 Å². The molecule has 2 bridgehead atoms. The SMILES string of the molecule is CC(C)NC(=O)N(CCc1cccs1)CC1(O)CCC2C34C=CC5(C=C3C(=O)c3ccccc3-c3ccccc3)CC(O)CCC5(C)C4CCC21C. The zero-order valence-electron chi connectivity index (χ0n) is 31.1. The van der Waals surface area contributed by atoms with Crippen LogP contribution < -0.4 is 5.32 Å². The number of fused-ring (bicyclic) bond motifs is 1. The largest absolute Gasteiger partial charge is 0.393 e. The number of hydrogen-bond donors (Lipinski definition) is 3.